The molecule has 1 aliphatic carbocycles. The van der Waals surface area contributed by atoms with Gasteiger partial charge in [-0.3, -0.25) is 19.5 Å². The Hall–Kier alpha value is -3.11. The number of carbonyl (C=O) groups is 1. The molecule has 1 aromatic heterocycles. The van der Waals surface area contributed by atoms with Crippen LogP contribution < -0.4 is 10.1 Å². The van der Waals surface area contributed by atoms with Gasteiger partial charge in [0.2, 0.25) is 5.91 Å². The molecular formula is C20H18ClN5O4S. The van der Waals surface area contributed by atoms with Crippen LogP contribution in [0.5, 0.6) is 5.75 Å². The zero-order valence-electron chi connectivity index (χ0n) is 16.2. The minimum atomic E-state index is -0.505. The normalized spacial score (nSPS) is 13.1. The van der Waals surface area contributed by atoms with Gasteiger partial charge >= 0.3 is 0 Å². The lowest BCUT2D eigenvalue weighted by Gasteiger charge is -2.11. The zero-order valence-corrected chi connectivity index (χ0v) is 17.8. The van der Waals surface area contributed by atoms with Crippen LogP contribution in [0, 0.1) is 10.1 Å². The molecule has 160 valence electrons. The Morgan fingerprint density at radius 3 is 2.81 bits per heavy atom. The third kappa shape index (κ3) is 5.33. The Morgan fingerprint density at radius 2 is 2.06 bits per heavy atom. The summed E-state index contributed by atoms with van der Waals surface area (Å²) in [5, 5.41) is 23.2. The van der Waals surface area contributed by atoms with Crippen molar-refractivity contribution in [3.63, 3.8) is 0 Å². The molecule has 1 N–H and O–H groups in total. The van der Waals surface area contributed by atoms with Gasteiger partial charge in [0.05, 0.1) is 15.7 Å². The molecule has 0 radical (unpaired) electrons. The maximum Gasteiger partial charge on any atom is 0.271 e. The first-order chi connectivity index (χ1) is 15.0. The van der Waals surface area contributed by atoms with Crippen LogP contribution in [0.2, 0.25) is 5.02 Å². The lowest BCUT2D eigenvalue weighted by molar-refractivity contribution is -0.384. The van der Waals surface area contributed by atoms with E-state index in [0.717, 1.165) is 12.8 Å². The second-order valence-electron chi connectivity index (χ2n) is 6.86. The number of halogens is 1. The Morgan fingerprint density at radius 1 is 1.26 bits per heavy atom. The highest BCUT2D eigenvalue weighted by atomic mass is 35.5. The van der Waals surface area contributed by atoms with Crippen molar-refractivity contribution in [3.05, 3.63) is 69.5 Å². The van der Waals surface area contributed by atoms with E-state index >= 15 is 0 Å². The quantitative estimate of drug-likeness (QED) is 0.285. The molecule has 2 aromatic carbocycles. The molecule has 31 heavy (non-hydrogen) atoms. The molecule has 1 saturated carbocycles. The van der Waals surface area contributed by atoms with Gasteiger partial charge in [0.25, 0.3) is 5.69 Å². The number of hydrogen-bond acceptors (Lipinski definition) is 7. The predicted molar refractivity (Wildman–Crippen MR) is 117 cm³/mol. The second-order valence-corrected chi connectivity index (χ2v) is 8.21. The largest absolute Gasteiger partial charge is 0.484 e. The highest BCUT2D eigenvalue weighted by molar-refractivity contribution is 7.99. The number of nitrogens with zero attached hydrogens (tertiary/aromatic N) is 4. The van der Waals surface area contributed by atoms with Gasteiger partial charge in [0, 0.05) is 23.9 Å². The predicted octanol–water partition coefficient (Wildman–Crippen LogP) is 4.48. The third-order valence-electron chi connectivity index (χ3n) is 4.51. The Kier molecular flexibility index (Phi) is 6.38. The minimum Gasteiger partial charge on any atom is -0.484 e. The number of anilines is 1. The topological polar surface area (TPSA) is 112 Å². The maximum absolute atomic E-state index is 12.3. The first-order valence-corrected chi connectivity index (χ1v) is 10.9. The van der Waals surface area contributed by atoms with Gasteiger partial charge in [-0.2, -0.15) is 0 Å². The Labute approximate surface area is 186 Å². The lowest BCUT2D eigenvalue weighted by atomic mass is 10.3. The number of amides is 1. The fraction of sp³-hybridized carbons (Fsp3) is 0.250. The molecule has 1 aliphatic rings. The van der Waals surface area contributed by atoms with Crippen LogP contribution in [-0.4, -0.2) is 31.3 Å². The standard InChI is InChI=1S/C20H18ClN5O4S/c21-16-6-1-2-7-17(16)30-11-18-23-24-20(25(18)14-8-9-14)31-12-19(27)22-13-4-3-5-15(10-13)26(28)29/h1-7,10,14H,8-9,11-12H2,(H,22,27). The van der Waals surface area contributed by atoms with Crippen molar-refractivity contribution in [1.29, 1.82) is 0 Å². The number of nitrogens with one attached hydrogen (secondary N) is 1. The summed E-state index contributed by atoms with van der Waals surface area (Å²) in [5.74, 6) is 1.05. The van der Waals surface area contributed by atoms with E-state index < -0.39 is 4.92 Å². The van der Waals surface area contributed by atoms with Gasteiger partial charge in [0.1, 0.15) is 12.4 Å². The average Bonchev–Trinajstić information content (AvgIpc) is 3.52. The van der Waals surface area contributed by atoms with Crippen LogP contribution >= 0.6 is 23.4 Å². The summed E-state index contributed by atoms with van der Waals surface area (Å²) < 4.78 is 7.79. The fourth-order valence-electron chi connectivity index (χ4n) is 2.93. The molecule has 1 amide bonds. The average molecular weight is 460 g/mol. The molecule has 0 atom stereocenters. The number of nitro groups is 1. The number of carbonyl (C=O) groups excluding carboxylic acids is 1. The monoisotopic (exact) mass is 459 g/mol. The van der Waals surface area contributed by atoms with E-state index in [-0.39, 0.29) is 24.0 Å². The van der Waals surface area contributed by atoms with Crippen LogP contribution in [0.4, 0.5) is 11.4 Å². The van der Waals surface area contributed by atoms with Crippen LogP contribution in [0.3, 0.4) is 0 Å². The SMILES string of the molecule is O=C(CSc1nnc(COc2ccccc2Cl)n1C1CC1)Nc1cccc([N+](=O)[O-])c1. The first-order valence-electron chi connectivity index (χ1n) is 9.49. The molecule has 0 saturated heterocycles. The number of rotatable bonds is 9. The number of benzene rings is 2. The van der Waals surface area contributed by atoms with Gasteiger partial charge in [-0.15, -0.1) is 10.2 Å². The number of para-hydroxylation sites is 1. The lowest BCUT2D eigenvalue weighted by Crippen LogP contribution is -2.15. The molecule has 4 rings (SSSR count). The van der Waals surface area contributed by atoms with E-state index in [1.165, 1.54) is 30.0 Å². The fourth-order valence-corrected chi connectivity index (χ4v) is 3.95. The number of aromatic nitrogens is 3. The molecule has 11 heteroatoms. The number of hydrogen-bond donors (Lipinski definition) is 1. The Bertz CT molecular complexity index is 1120. The van der Waals surface area contributed by atoms with Gasteiger partial charge in [-0.1, -0.05) is 41.6 Å². The first kappa shape index (κ1) is 21.1. The molecule has 9 nitrogen and oxygen atoms in total. The van der Waals surface area contributed by atoms with E-state index in [2.05, 4.69) is 15.5 Å². The van der Waals surface area contributed by atoms with E-state index in [1.54, 1.807) is 18.2 Å². The summed E-state index contributed by atoms with van der Waals surface area (Å²) in [6.45, 7) is 0.216. The number of non-ortho nitro benzene ring substituents is 1. The molecule has 1 fully saturated rings. The summed E-state index contributed by atoms with van der Waals surface area (Å²) in [4.78, 5) is 22.7. The van der Waals surface area contributed by atoms with E-state index in [4.69, 9.17) is 16.3 Å². The van der Waals surface area contributed by atoms with Gasteiger partial charge in [0.15, 0.2) is 11.0 Å². The number of ether oxygens (including phenoxy) is 1. The van der Waals surface area contributed by atoms with Gasteiger partial charge < -0.3 is 10.1 Å². The van der Waals surface area contributed by atoms with Crippen LogP contribution in [0.15, 0.2) is 53.7 Å². The van der Waals surface area contributed by atoms with Crippen molar-refractivity contribution in [3.8, 4) is 5.75 Å². The molecule has 0 unspecified atom stereocenters. The van der Waals surface area contributed by atoms with Crippen molar-refractivity contribution in [2.24, 2.45) is 0 Å². The van der Waals surface area contributed by atoms with Crippen molar-refractivity contribution in [1.82, 2.24) is 14.8 Å². The van der Waals surface area contributed by atoms with Crippen molar-refractivity contribution in [2.45, 2.75) is 30.6 Å². The summed E-state index contributed by atoms with van der Waals surface area (Å²) in [7, 11) is 0. The highest BCUT2D eigenvalue weighted by Gasteiger charge is 2.30. The molecule has 1 heterocycles. The van der Waals surface area contributed by atoms with Crippen LogP contribution in [0.25, 0.3) is 0 Å². The van der Waals surface area contributed by atoms with Crippen molar-refractivity contribution in [2.75, 3.05) is 11.1 Å². The highest BCUT2D eigenvalue weighted by Crippen LogP contribution is 2.39. The van der Waals surface area contributed by atoms with E-state index in [1.807, 2.05) is 16.7 Å². The molecule has 3 aromatic rings. The third-order valence-corrected chi connectivity index (χ3v) is 5.77. The van der Waals surface area contributed by atoms with Gasteiger partial charge in [-0.25, -0.2) is 0 Å². The summed E-state index contributed by atoms with van der Waals surface area (Å²) in [6, 6.07) is 13.3. The zero-order chi connectivity index (χ0) is 21.8. The van der Waals surface area contributed by atoms with Crippen molar-refractivity contribution >= 4 is 40.6 Å². The summed E-state index contributed by atoms with van der Waals surface area (Å²) >= 11 is 7.40. The van der Waals surface area contributed by atoms with Crippen molar-refractivity contribution < 1.29 is 14.5 Å². The summed E-state index contributed by atoms with van der Waals surface area (Å²) in [5.41, 5.74) is 0.291. The summed E-state index contributed by atoms with van der Waals surface area (Å²) in [6.07, 6.45) is 2.04. The van der Waals surface area contributed by atoms with Gasteiger partial charge in [-0.05, 0) is 31.0 Å². The molecular weight excluding hydrogens is 442 g/mol. The molecule has 0 bridgehead atoms. The smallest absolute Gasteiger partial charge is 0.271 e. The Balaban J connectivity index is 1.38. The molecule has 0 aliphatic heterocycles. The number of thioether (sulfide) groups is 1. The maximum atomic E-state index is 12.3. The van der Waals surface area contributed by atoms with E-state index in [0.29, 0.717) is 33.5 Å². The number of nitro benzene ring substituents is 1. The van der Waals surface area contributed by atoms with Crippen LogP contribution in [0.1, 0.15) is 24.7 Å². The molecule has 0 spiro atoms. The van der Waals surface area contributed by atoms with E-state index in [9.17, 15) is 14.9 Å². The second kappa shape index (κ2) is 9.36. The minimum absolute atomic E-state index is 0.0814. The van der Waals surface area contributed by atoms with Crippen LogP contribution in [-0.2, 0) is 11.4 Å².